The van der Waals surface area contributed by atoms with Crippen molar-refractivity contribution in [2.24, 2.45) is 5.84 Å². The Morgan fingerprint density at radius 1 is 1.40 bits per heavy atom. The van der Waals surface area contributed by atoms with Gasteiger partial charge < -0.3 is 4.74 Å². The number of hydrazine groups is 1. The van der Waals surface area contributed by atoms with E-state index in [0.717, 1.165) is 38.0 Å². The number of benzene rings is 1. The minimum atomic E-state index is -4.33. The molecule has 1 aromatic rings. The fraction of sp³-hybridized carbons (Fsp3) is 0.571. The van der Waals surface area contributed by atoms with E-state index in [0.29, 0.717) is 12.0 Å². The minimum Gasteiger partial charge on any atom is -0.378 e. The van der Waals surface area contributed by atoms with E-state index in [4.69, 9.17) is 10.6 Å². The molecule has 2 rings (SSSR count). The second-order valence-electron chi connectivity index (χ2n) is 5.05. The maximum Gasteiger partial charge on any atom is 0.416 e. The van der Waals surface area contributed by atoms with Gasteiger partial charge in [-0.1, -0.05) is 12.1 Å². The van der Waals surface area contributed by atoms with Gasteiger partial charge in [-0.3, -0.25) is 11.3 Å². The lowest BCUT2D eigenvalue weighted by atomic mass is 9.98. The maximum atomic E-state index is 12.7. The number of ether oxygens (including phenoxy) is 1. The van der Waals surface area contributed by atoms with Crippen LogP contribution in [-0.2, 0) is 10.9 Å². The zero-order chi connectivity index (χ0) is 14.6. The lowest BCUT2D eigenvalue weighted by Crippen LogP contribution is -2.29. The highest BCUT2D eigenvalue weighted by molar-refractivity contribution is 5.27. The van der Waals surface area contributed by atoms with E-state index >= 15 is 0 Å². The zero-order valence-corrected chi connectivity index (χ0v) is 11.1. The van der Waals surface area contributed by atoms with Crippen molar-refractivity contribution < 1.29 is 17.9 Å². The highest BCUT2D eigenvalue weighted by atomic mass is 19.4. The third-order valence-corrected chi connectivity index (χ3v) is 3.62. The number of hydrogen-bond donors (Lipinski definition) is 2. The summed E-state index contributed by atoms with van der Waals surface area (Å²) in [5.74, 6) is 5.48. The van der Waals surface area contributed by atoms with Crippen LogP contribution in [0.4, 0.5) is 13.2 Å². The molecular formula is C14H19F3N2O. The van der Waals surface area contributed by atoms with E-state index in [2.05, 4.69) is 5.43 Å². The molecule has 0 aromatic heterocycles. The normalized spacial score (nSPS) is 21.1. The lowest BCUT2D eigenvalue weighted by molar-refractivity contribution is -0.137. The van der Waals surface area contributed by atoms with Crippen LogP contribution in [0.15, 0.2) is 24.3 Å². The van der Waals surface area contributed by atoms with Crippen molar-refractivity contribution in [3.63, 3.8) is 0 Å². The smallest absolute Gasteiger partial charge is 0.378 e. The fourth-order valence-corrected chi connectivity index (χ4v) is 2.50. The van der Waals surface area contributed by atoms with E-state index in [-0.39, 0.29) is 12.1 Å². The molecule has 0 bridgehead atoms. The van der Waals surface area contributed by atoms with Crippen LogP contribution in [0.2, 0.25) is 0 Å². The summed E-state index contributed by atoms with van der Waals surface area (Å²) in [6, 6.07) is 5.00. The number of nitrogens with one attached hydrogen (secondary N) is 1. The summed E-state index contributed by atoms with van der Waals surface area (Å²) in [6.07, 6.45) is -0.608. The van der Waals surface area contributed by atoms with Gasteiger partial charge in [-0.2, -0.15) is 13.2 Å². The summed E-state index contributed by atoms with van der Waals surface area (Å²) in [5.41, 5.74) is 2.51. The SMILES string of the molecule is NNC(CCC1CCCO1)c1cccc(C(F)(F)F)c1. The van der Waals surface area contributed by atoms with Crippen molar-refractivity contribution >= 4 is 0 Å². The van der Waals surface area contributed by atoms with Crippen LogP contribution in [0, 0.1) is 0 Å². The average molecular weight is 288 g/mol. The van der Waals surface area contributed by atoms with Gasteiger partial charge >= 0.3 is 6.18 Å². The molecule has 3 nitrogen and oxygen atoms in total. The molecule has 2 atom stereocenters. The summed E-state index contributed by atoms with van der Waals surface area (Å²) < 4.78 is 43.6. The van der Waals surface area contributed by atoms with Crippen molar-refractivity contribution in [1.29, 1.82) is 0 Å². The molecule has 3 N–H and O–H groups in total. The van der Waals surface area contributed by atoms with Gasteiger partial charge in [0.15, 0.2) is 0 Å². The first-order valence-electron chi connectivity index (χ1n) is 6.75. The number of nitrogens with two attached hydrogens (primary N) is 1. The third kappa shape index (κ3) is 3.94. The Balaban J connectivity index is 2.02. The minimum absolute atomic E-state index is 0.205. The Hall–Kier alpha value is -1.11. The van der Waals surface area contributed by atoms with Crippen molar-refractivity contribution in [3.8, 4) is 0 Å². The molecule has 1 aliphatic rings. The van der Waals surface area contributed by atoms with E-state index in [1.54, 1.807) is 6.07 Å². The number of rotatable bonds is 5. The molecule has 0 spiro atoms. The molecule has 1 fully saturated rings. The fourth-order valence-electron chi connectivity index (χ4n) is 2.50. The Morgan fingerprint density at radius 3 is 2.80 bits per heavy atom. The van der Waals surface area contributed by atoms with Gasteiger partial charge in [-0.15, -0.1) is 0 Å². The summed E-state index contributed by atoms with van der Waals surface area (Å²) in [7, 11) is 0. The summed E-state index contributed by atoms with van der Waals surface area (Å²) >= 11 is 0. The Bertz CT molecular complexity index is 431. The molecule has 0 aliphatic carbocycles. The number of hydrogen-bond acceptors (Lipinski definition) is 3. The first kappa shape index (κ1) is 15.3. The highest BCUT2D eigenvalue weighted by Gasteiger charge is 2.31. The predicted octanol–water partition coefficient (Wildman–Crippen LogP) is 3.17. The molecule has 1 heterocycles. The third-order valence-electron chi connectivity index (χ3n) is 3.62. The largest absolute Gasteiger partial charge is 0.416 e. The molecule has 0 amide bonds. The Morgan fingerprint density at radius 2 is 2.20 bits per heavy atom. The summed E-state index contributed by atoms with van der Waals surface area (Å²) in [5, 5.41) is 0. The summed E-state index contributed by atoms with van der Waals surface area (Å²) in [6.45, 7) is 0.773. The second-order valence-corrected chi connectivity index (χ2v) is 5.05. The van der Waals surface area contributed by atoms with Crippen LogP contribution >= 0.6 is 0 Å². The van der Waals surface area contributed by atoms with E-state index in [1.807, 2.05) is 0 Å². The topological polar surface area (TPSA) is 47.3 Å². The van der Waals surface area contributed by atoms with Gasteiger partial charge in [0.25, 0.3) is 0 Å². The predicted molar refractivity (Wildman–Crippen MR) is 69.7 cm³/mol. The number of halogens is 3. The zero-order valence-electron chi connectivity index (χ0n) is 11.1. The van der Waals surface area contributed by atoms with Crippen molar-refractivity contribution in [2.75, 3.05) is 6.61 Å². The molecular weight excluding hydrogens is 269 g/mol. The van der Waals surface area contributed by atoms with Crippen LogP contribution in [-0.4, -0.2) is 12.7 Å². The molecule has 20 heavy (non-hydrogen) atoms. The van der Waals surface area contributed by atoms with Crippen LogP contribution < -0.4 is 11.3 Å². The molecule has 1 saturated heterocycles. The monoisotopic (exact) mass is 288 g/mol. The van der Waals surface area contributed by atoms with Crippen LogP contribution in [0.25, 0.3) is 0 Å². The van der Waals surface area contributed by atoms with Gasteiger partial charge in [-0.05, 0) is 43.4 Å². The van der Waals surface area contributed by atoms with Crippen LogP contribution in [0.5, 0.6) is 0 Å². The highest BCUT2D eigenvalue weighted by Crippen LogP contribution is 2.31. The van der Waals surface area contributed by atoms with Gasteiger partial charge in [0.1, 0.15) is 0 Å². The van der Waals surface area contributed by atoms with Crippen molar-refractivity contribution in [3.05, 3.63) is 35.4 Å². The molecule has 1 aromatic carbocycles. The quantitative estimate of drug-likeness (QED) is 0.646. The molecule has 6 heteroatoms. The average Bonchev–Trinajstić information content (AvgIpc) is 2.92. The first-order valence-corrected chi connectivity index (χ1v) is 6.75. The second kappa shape index (κ2) is 6.56. The first-order chi connectivity index (χ1) is 9.50. The molecule has 1 aliphatic heterocycles. The molecule has 2 unspecified atom stereocenters. The molecule has 0 saturated carbocycles. The van der Waals surface area contributed by atoms with Crippen molar-refractivity contribution in [2.45, 2.75) is 44.0 Å². The maximum absolute atomic E-state index is 12.7. The van der Waals surface area contributed by atoms with E-state index in [1.165, 1.54) is 6.07 Å². The molecule has 112 valence electrons. The lowest BCUT2D eigenvalue weighted by Gasteiger charge is -2.19. The van der Waals surface area contributed by atoms with E-state index in [9.17, 15) is 13.2 Å². The van der Waals surface area contributed by atoms with Gasteiger partial charge in [-0.25, -0.2) is 0 Å². The standard InChI is InChI=1S/C14H19F3N2O/c15-14(16,17)11-4-1-3-10(9-11)13(19-18)7-6-12-5-2-8-20-12/h1,3-4,9,12-13,19H,2,5-8,18H2. The summed E-state index contributed by atoms with van der Waals surface area (Å²) in [4.78, 5) is 0. The van der Waals surface area contributed by atoms with Crippen molar-refractivity contribution in [1.82, 2.24) is 5.43 Å². The van der Waals surface area contributed by atoms with Crippen LogP contribution in [0.3, 0.4) is 0 Å². The van der Waals surface area contributed by atoms with Gasteiger partial charge in [0.2, 0.25) is 0 Å². The van der Waals surface area contributed by atoms with E-state index < -0.39 is 11.7 Å². The Labute approximate surface area is 116 Å². The van der Waals surface area contributed by atoms with Crippen LogP contribution in [0.1, 0.15) is 42.9 Å². The molecule has 0 radical (unpaired) electrons. The van der Waals surface area contributed by atoms with Gasteiger partial charge in [0.05, 0.1) is 11.7 Å². The van der Waals surface area contributed by atoms with Gasteiger partial charge in [0, 0.05) is 12.6 Å². The number of alkyl halides is 3. The Kier molecular flexibility index (Phi) is 5.01.